The van der Waals surface area contributed by atoms with Crippen molar-refractivity contribution in [3.8, 4) is 0 Å². The molecule has 5 aliphatic rings. The fraction of sp³-hybridized carbons (Fsp3) is 0.621. The molecule has 8 nitrogen and oxygen atoms in total. The van der Waals surface area contributed by atoms with Crippen LogP contribution in [-0.4, -0.2) is 64.1 Å². The molecule has 4 fully saturated rings. The number of carbonyl (C=O) groups is 3. The maximum Gasteiger partial charge on any atom is 0.338 e. The van der Waals surface area contributed by atoms with E-state index >= 15 is 0 Å². The maximum atomic E-state index is 14.3. The van der Waals surface area contributed by atoms with Crippen molar-refractivity contribution in [1.29, 1.82) is 0 Å². The minimum absolute atomic E-state index is 0.0391. The van der Waals surface area contributed by atoms with Crippen LogP contribution in [0.3, 0.4) is 0 Å². The highest BCUT2D eigenvalue weighted by atomic mass is 16.6. The van der Waals surface area contributed by atoms with Crippen LogP contribution in [0.4, 0.5) is 0 Å². The van der Waals surface area contributed by atoms with Crippen molar-refractivity contribution in [2.45, 2.75) is 82.9 Å². The van der Waals surface area contributed by atoms with Crippen molar-refractivity contribution in [3.63, 3.8) is 0 Å². The van der Waals surface area contributed by atoms with Crippen LogP contribution in [0.5, 0.6) is 0 Å². The van der Waals surface area contributed by atoms with Crippen molar-refractivity contribution in [2.24, 2.45) is 22.7 Å². The third kappa shape index (κ3) is 3.03. The highest BCUT2D eigenvalue weighted by Crippen LogP contribution is 2.74. The van der Waals surface area contributed by atoms with E-state index in [1.807, 2.05) is 6.92 Å². The summed E-state index contributed by atoms with van der Waals surface area (Å²) < 4.78 is 18.2. The summed E-state index contributed by atoms with van der Waals surface area (Å²) in [5, 5.41) is 24.2. The maximum absolute atomic E-state index is 14.3. The van der Waals surface area contributed by atoms with Crippen LogP contribution in [0.25, 0.3) is 0 Å². The summed E-state index contributed by atoms with van der Waals surface area (Å²) in [5.74, 6) is -2.48. The van der Waals surface area contributed by atoms with Gasteiger partial charge in [-0.3, -0.25) is 9.59 Å². The zero-order chi connectivity index (χ0) is 26.5. The summed E-state index contributed by atoms with van der Waals surface area (Å²) >= 11 is 0. The number of hydrogen-bond donors (Lipinski definition) is 2. The minimum Gasteiger partial charge on any atom is -0.455 e. The largest absolute Gasteiger partial charge is 0.455 e. The van der Waals surface area contributed by atoms with E-state index in [0.29, 0.717) is 30.4 Å². The van der Waals surface area contributed by atoms with E-state index in [1.54, 1.807) is 44.2 Å². The Morgan fingerprint density at radius 3 is 2.49 bits per heavy atom. The summed E-state index contributed by atoms with van der Waals surface area (Å²) in [6, 6.07) is 8.53. The van der Waals surface area contributed by atoms with Crippen LogP contribution in [0.2, 0.25) is 0 Å². The molecule has 0 aromatic heterocycles. The Balaban J connectivity index is 1.59. The Kier molecular flexibility index (Phi) is 5.18. The van der Waals surface area contributed by atoms with Gasteiger partial charge in [-0.15, -0.1) is 0 Å². The smallest absolute Gasteiger partial charge is 0.338 e. The number of carbonyl (C=O) groups excluding carboxylic acids is 3. The first kappa shape index (κ1) is 24.8. The number of rotatable bonds is 3. The van der Waals surface area contributed by atoms with Gasteiger partial charge in [0.25, 0.3) is 0 Å². The highest BCUT2D eigenvalue weighted by molar-refractivity contribution is 5.96. The van der Waals surface area contributed by atoms with Crippen LogP contribution in [0.1, 0.15) is 63.7 Å². The van der Waals surface area contributed by atoms with Crippen molar-refractivity contribution >= 4 is 17.7 Å². The van der Waals surface area contributed by atoms with Crippen LogP contribution >= 0.6 is 0 Å². The fourth-order valence-electron chi connectivity index (χ4n) is 8.30. The summed E-state index contributed by atoms with van der Waals surface area (Å²) in [4.78, 5) is 40.2. The van der Waals surface area contributed by atoms with Crippen LogP contribution in [-0.2, 0) is 23.8 Å². The van der Waals surface area contributed by atoms with E-state index in [-0.39, 0.29) is 24.7 Å². The van der Waals surface area contributed by atoms with Crippen molar-refractivity contribution in [1.82, 2.24) is 0 Å². The topological polar surface area (TPSA) is 119 Å². The van der Waals surface area contributed by atoms with Gasteiger partial charge in [0, 0.05) is 17.8 Å². The number of aliphatic hydroxyl groups excluding tert-OH is 1. The Morgan fingerprint density at radius 2 is 1.86 bits per heavy atom. The van der Waals surface area contributed by atoms with Crippen molar-refractivity contribution in [3.05, 3.63) is 47.0 Å². The molecule has 6 rings (SSSR count). The van der Waals surface area contributed by atoms with Crippen LogP contribution in [0, 0.1) is 22.7 Å². The molecule has 4 aliphatic carbocycles. The quantitative estimate of drug-likeness (QED) is 0.471. The van der Waals surface area contributed by atoms with Crippen molar-refractivity contribution < 1.29 is 38.8 Å². The van der Waals surface area contributed by atoms with Gasteiger partial charge in [-0.25, -0.2) is 4.79 Å². The normalized spacial score (nSPS) is 43.2. The molecule has 1 aromatic carbocycles. The van der Waals surface area contributed by atoms with E-state index in [2.05, 4.69) is 0 Å². The molecule has 8 heteroatoms. The van der Waals surface area contributed by atoms with Gasteiger partial charge in [0.2, 0.25) is 0 Å². The van der Waals surface area contributed by atoms with Crippen molar-refractivity contribution in [2.75, 3.05) is 6.61 Å². The molecule has 1 aromatic rings. The lowest BCUT2D eigenvalue weighted by Gasteiger charge is -2.63. The van der Waals surface area contributed by atoms with Gasteiger partial charge in [-0.1, -0.05) is 37.6 Å². The number of aliphatic hydroxyl groups is 2. The van der Waals surface area contributed by atoms with Crippen LogP contribution in [0.15, 0.2) is 41.5 Å². The number of esters is 2. The number of benzene rings is 1. The molecule has 1 saturated heterocycles. The number of hydrogen-bond acceptors (Lipinski definition) is 8. The molecule has 37 heavy (non-hydrogen) atoms. The molecule has 2 N–H and O–H groups in total. The lowest BCUT2D eigenvalue weighted by Crippen LogP contribution is -2.77. The first-order valence-corrected chi connectivity index (χ1v) is 13.1. The second-order valence-electron chi connectivity index (χ2n) is 12.2. The molecule has 1 spiro atoms. The predicted molar refractivity (Wildman–Crippen MR) is 130 cm³/mol. The van der Waals surface area contributed by atoms with Gasteiger partial charge in [-0.05, 0) is 56.2 Å². The molecule has 1 heterocycles. The molecule has 8 atom stereocenters. The molecule has 0 amide bonds. The standard InChI is InChI=1S/C29H34O8/c1-15-10-11-29(34)24(36-25(33)17-8-6-5-7-9-17)22-27(23(32)21(31)20(15)26(29,3)4)13-18(27)12-19-28(22,14-35-19)37-16(2)30/h5-9,18-19,21-22,24,31,34H,10-14H2,1-4H3/t18?,19-,21-,22+,24+,27-,28+,29-/m1/s1. The highest BCUT2D eigenvalue weighted by Gasteiger charge is 2.83. The zero-order valence-corrected chi connectivity index (χ0v) is 21.7. The fourth-order valence-corrected chi connectivity index (χ4v) is 8.30. The van der Waals surface area contributed by atoms with E-state index in [0.717, 1.165) is 5.57 Å². The number of fused-ring (bicyclic) bond motifs is 4. The Bertz CT molecular complexity index is 1220. The molecule has 0 radical (unpaired) electrons. The zero-order valence-electron chi connectivity index (χ0n) is 21.7. The van der Waals surface area contributed by atoms with Gasteiger partial charge >= 0.3 is 11.9 Å². The monoisotopic (exact) mass is 510 g/mol. The molecule has 198 valence electrons. The number of ether oxygens (including phenoxy) is 3. The van der Waals surface area contributed by atoms with E-state index in [1.165, 1.54) is 6.92 Å². The summed E-state index contributed by atoms with van der Waals surface area (Å²) in [6.45, 7) is 6.82. The lowest BCUT2D eigenvalue weighted by atomic mass is 9.49. The summed E-state index contributed by atoms with van der Waals surface area (Å²) in [5.41, 5.74) is -3.39. The van der Waals surface area contributed by atoms with E-state index in [4.69, 9.17) is 14.2 Å². The molecule has 3 saturated carbocycles. The third-order valence-corrected chi connectivity index (χ3v) is 10.2. The summed E-state index contributed by atoms with van der Waals surface area (Å²) in [6.07, 6.45) is -1.39. The average molecular weight is 511 g/mol. The van der Waals surface area contributed by atoms with Gasteiger partial charge < -0.3 is 24.4 Å². The molecular formula is C29H34O8. The second-order valence-corrected chi connectivity index (χ2v) is 12.2. The molecular weight excluding hydrogens is 476 g/mol. The SMILES string of the molecule is CC(=O)O[C@@]12CO[C@@H]1CC1C[C@@]13C(=O)[C@H](O)C1=C(C)CC[C@@](O)([C@@H](OC(=O)c4ccccc4)[C@H]23)C1(C)C. The van der Waals surface area contributed by atoms with Gasteiger partial charge in [-0.2, -0.15) is 0 Å². The van der Waals surface area contributed by atoms with Crippen LogP contribution < -0.4 is 0 Å². The lowest BCUT2D eigenvalue weighted by molar-refractivity contribution is -0.322. The van der Waals surface area contributed by atoms with Gasteiger partial charge in [0.1, 0.15) is 23.9 Å². The Labute approximate surface area is 216 Å². The average Bonchev–Trinajstić information content (AvgIpc) is 3.57. The Hall–Kier alpha value is -2.55. The first-order chi connectivity index (χ1) is 17.4. The molecule has 1 unspecified atom stereocenters. The van der Waals surface area contributed by atoms with Gasteiger partial charge in [0.15, 0.2) is 11.4 Å². The third-order valence-electron chi connectivity index (χ3n) is 10.2. The number of allylic oxidation sites excluding steroid dienone is 1. The predicted octanol–water partition coefficient (Wildman–Crippen LogP) is 2.75. The second kappa shape index (κ2) is 7.74. The Morgan fingerprint density at radius 1 is 1.16 bits per heavy atom. The van der Waals surface area contributed by atoms with Gasteiger partial charge in [0.05, 0.1) is 18.1 Å². The molecule has 2 bridgehead atoms. The minimum atomic E-state index is -1.64. The first-order valence-electron chi connectivity index (χ1n) is 13.1. The number of ketones is 1. The van der Waals surface area contributed by atoms with E-state index in [9.17, 15) is 24.6 Å². The summed E-state index contributed by atoms with van der Waals surface area (Å²) in [7, 11) is 0. The van der Waals surface area contributed by atoms with E-state index < -0.39 is 58.2 Å². The molecule has 1 aliphatic heterocycles. The number of Topliss-reactive ketones (excluding diaryl/α,β-unsaturated/α-hetero) is 1.